The number of anilines is 1. The van der Waals surface area contributed by atoms with Crippen LogP contribution in [0.2, 0.25) is 5.02 Å². The lowest BCUT2D eigenvalue weighted by molar-refractivity contribution is 0.596. The first-order valence-electron chi connectivity index (χ1n) is 6.11. The summed E-state index contributed by atoms with van der Waals surface area (Å²) in [6.07, 6.45) is 0. The van der Waals surface area contributed by atoms with Crippen molar-refractivity contribution in [1.82, 2.24) is 0 Å². The minimum Gasteiger partial charge on any atom is -0.326 e. The predicted octanol–water partition coefficient (Wildman–Crippen LogP) is 3.05. The first-order valence-corrected chi connectivity index (χ1v) is 7.97. The lowest BCUT2D eigenvalue weighted by atomic mass is 10.2. The molecule has 0 saturated carbocycles. The van der Waals surface area contributed by atoms with E-state index in [2.05, 4.69) is 4.72 Å². The molecule has 0 aromatic heterocycles. The Balaban J connectivity index is 2.38. The Morgan fingerprint density at radius 3 is 2.57 bits per heavy atom. The van der Waals surface area contributed by atoms with E-state index in [1.165, 1.54) is 12.1 Å². The fourth-order valence-corrected chi connectivity index (χ4v) is 3.25. The summed E-state index contributed by atoms with van der Waals surface area (Å²) in [5.41, 5.74) is 6.69. The molecule has 0 unspecified atom stereocenters. The summed E-state index contributed by atoms with van der Waals surface area (Å²) in [6.45, 7) is 1.76. The van der Waals surface area contributed by atoms with E-state index < -0.39 is 15.8 Å². The molecule has 0 amide bonds. The first-order chi connectivity index (χ1) is 9.83. The van der Waals surface area contributed by atoms with Gasteiger partial charge in [0.1, 0.15) is 5.82 Å². The van der Waals surface area contributed by atoms with Crippen LogP contribution in [-0.4, -0.2) is 8.42 Å². The molecule has 7 heteroatoms. The van der Waals surface area contributed by atoms with Crippen LogP contribution < -0.4 is 10.5 Å². The second-order valence-electron chi connectivity index (χ2n) is 4.55. The molecular weight excluding hydrogens is 315 g/mol. The van der Waals surface area contributed by atoms with E-state index in [1.807, 2.05) is 6.92 Å². The predicted molar refractivity (Wildman–Crippen MR) is 81.3 cm³/mol. The maximum Gasteiger partial charge on any atom is 0.261 e. The second-order valence-corrected chi connectivity index (χ2v) is 6.64. The summed E-state index contributed by atoms with van der Waals surface area (Å²) in [5.74, 6) is -0.537. The van der Waals surface area contributed by atoms with Crippen molar-refractivity contribution in [2.24, 2.45) is 5.73 Å². The van der Waals surface area contributed by atoms with Crippen LogP contribution in [0, 0.1) is 12.7 Å². The summed E-state index contributed by atoms with van der Waals surface area (Å²) in [7, 11) is -3.85. The van der Waals surface area contributed by atoms with Gasteiger partial charge < -0.3 is 5.73 Å². The van der Waals surface area contributed by atoms with E-state index in [0.717, 1.165) is 11.6 Å². The molecule has 0 bridgehead atoms. The molecule has 0 saturated heterocycles. The fourth-order valence-electron chi connectivity index (χ4n) is 1.78. The Morgan fingerprint density at radius 2 is 1.95 bits per heavy atom. The zero-order valence-electron chi connectivity index (χ0n) is 11.2. The molecule has 21 heavy (non-hydrogen) atoms. The lowest BCUT2D eigenvalue weighted by Crippen LogP contribution is -2.14. The number of hydrogen-bond donors (Lipinski definition) is 2. The van der Waals surface area contributed by atoms with Gasteiger partial charge in [-0.15, -0.1) is 0 Å². The summed E-state index contributed by atoms with van der Waals surface area (Å²) < 4.78 is 40.3. The van der Waals surface area contributed by atoms with Crippen molar-refractivity contribution in [2.75, 3.05) is 4.72 Å². The highest BCUT2D eigenvalue weighted by atomic mass is 35.5. The summed E-state index contributed by atoms with van der Waals surface area (Å²) in [6, 6.07) is 8.42. The molecule has 0 radical (unpaired) electrons. The zero-order chi connectivity index (χ0) is 15.6. The van der Waals surface area contributed by atoms with E-state index in [4.69, 9.17) is 17.3 Å². The lowest BCUT2D eigenvalue weighted by Gasteiger charge is -2.11. The van der Waals surface area contributed by atoms with Crippen LogP contribution in [-0.2, 0) is 16.6 Å². The summed E-state index contributed by atoms with van der Waals surface area (Å²) in [4.78, 5) is -0.0685. The van der Waals surface area contributed by atoms with Crippen LogP contribution in [0.25, 0.3) is 0 Å². The molecule has 2 rings (SSSR count). The highest BCUT2D eigenvalue weighted by Crippen LogP contribution is 2.26. The Labute approximate surface area is 127 Å². The molecule has 4 nitrogen and oxygen atoms in total. The molecule has 2 aromatic rings. The van der Waals surface area contributed by atoms with Gasteiger partial charge >= 0.3 is 0 Å². The number of benzene rings is 2. The van der Waals surface area contributed by atoms with Gasteiger partial charge in [0.05, 0.1) is 15.6 Å². The smallest absolute Gasteiger partial charge is 0.261 e. The number of hydrogen-bond acceptors (Lipinski definition) is 3. The maximum absolute atomic E-state index is 13.4. The number of nitrogens with one attached hydrogen (secondary N) is 1. The maximum atomic E-state index is 13.4. The monoisotopic (exact) mass is 328 g/mol. The SMILES string of the molecule is Cc1ccc(NS(=O)(=O)c2ccc(F)c(CN)c2)c(Cl)c1. The molecule has 0 atom stereocenters. The van der Waals surface area contributed by atoms with E-state index >= 15 is 0 Å². The van der Waals surface area contributed by atoms with E-state index in [-0.39, 0.29) is 22.7 Å². The van der Waals surface area contributed by atoms with Gasteiger partial charge in [0.2, 0.25) is 0 Å². The molecule has 0 aliphatic carbocycles. The fraction of sp³-hybridized carbons (Fsp3) is 0.143. The molecular formula is C14H14ClFN2O2S. The molecule has 0 aliphatic heterocycles. The molecule has 112 valence electrons. The van der Waals surface area contributed by atoms with E-state index in [0.29, 0.717) is 5.02 Å². The number of aryl methyl sites for hydroxylation is 1. The molecule has 0 fully saturated rings. The Morgan fingerprint density at radius 1 is 1.24 bits per heavy atom. The highest BCUT2D eigenvalue weighted by Gasteiger charge is 2.17. The van der Waals surface area contributed by atoms with E-state index in [9.17, 15) is 12.8 Å². The highest BCUT2D eigenvalue weighted by molar-refractivity contribution is 7.92. The van der Waals surface area contributed by atoms with Gasteiger partial charge in [-0.2, -0.15) is 0 Å². The second kappa shape index (κ2) is 6.01. The largest absolute Gasteiger partial charge is 0.326 e. The quantitative estimate of drug-likeness (QED) is 0.906. The summed E-state index contributed by atoms with van der Waals surface area (Å²) in [5, 5.41) is 0.291. The van der Waals surface area contributed by atoms with Crippen molar-refractivity contribution in [1.29, 1.82) is 0 Å². The molecule has 0 aliphatic rings. The average Bonchev–Trinajstić information content (AvgIpc) is 2.42. The van der Waals surface area contributed by atoms with Gasteiger partial charge in [-0.25, -0.2) is 12.8 Å². The third-order valence-corrected chi connectivity index (χ3v) is 4.59. The molecule has 3 N–H and O–H groups in total. The number of sulfonamides is 1. The van der Waals surface area contributed by atoms with Gasteiger partial charge in [0.25, 0.3) is 10.0 Å². The van der Waals surface area contributed by atoms with Crippen LogP contribution in [0.5, 0.6) is 0 Å². The third-order valence-electron chi connectivity index (χ3n) is 2.92. The van der Waals surface area contributed by atoms with Crippen LogP contribution in [0.1, 0.15) is 11.1 Å². The topological polar surface area (TPSA) is 72.2 Å². The van der Waals surface area contributed by atoms with Crippen LogP contribution in [0.3, 0.4) is 0 Å². The average molecular weight is 329 g/mol. The van der Waals surface area contributed by atoms with Gasteiger partial charge in [0, 0.05) is 12.1 Å². The Hall–Kier alpha value is -1.63. The first kappa shape index (κ1) is 15.8. The van der Waals surface area contributed by atoms with Crippen LogP contribution in [0.15, 0.2) is 41.3 Å². The minimum atomic E-state index is -3.85. The van der Waals surface area contributed by atoms with Gasteiger partial charge in [-0.1, -0.05) is 17.7 Å². The normalized spacial score (nSPS) is 11.4. The Kier molecular flexibility index (Phi) is 4.51. The van der Waals surface area contributed by atoms with Gasteiger partial charge in [0.15, 0.2) is 0 Å². The van der Waals surface area contributed by atoms with Gasteiger partial charge in [-0.05, 0) is 42.8 Å². The Bertz CT molecular complexity index is 779. The van der Waals surface area contributed by atoms with Crippen molar-refractivity contribution < 1.29 is 12.8 Å². The van der Waals surface area contributed by atoms with Crippen molar-refractivity contribution in [3.05, 3.63) is 58.4 Å². The minimum absolute atomic E-state index is 0.0685. The molecule has 0 spiro atoms. The molecule has 2 aromatic carbocycles. The van der Waals surface area contributed by atoms with Crippen LogP contribution >= 0.6 is 11.6 Å². The zero-order valence-corrected chi connectivity index (χ0v) is 12.8. The number of rotatable bonds is 4. The number of halogens is 2. The summed E-state index contributed by atoms with van der Waals surface area (Å²) >= 11 is 6.00. The van der Waals surface area contributed by atoms with Gasteiger partial charge in [-0.3, -0.25) is 4.72 Å². The number of nitrogens with two attached hydrogens (primary N) is 1. The van der Waals surface area contributed by atoms with Crippen molar-refractivity contribution >= 4 is 27.3 Å². The molecule has 0 heterocycles. The third kappa shape index (κ3) is 3.53. The van der Waals surface area contributed by atoms with Crippen molar-refractivity contribution in [3.8, 4) is 0 Å². The van der Waals surface area contributed by atoms with Crippen molar-refractivity contribution in [2.45, 2.75) is 18.4 Å². The van der Waals surface area contributed by atoms with E-state index in [1.54, 1.807) is 18.2 Å². The van der Waals surface area contributed by atoms with Crippen LogP contribution in [0.4, 0.5) is 10.1 Å². The standard InChI is InChI=1S/C14H14ClFN2O2S/c1-9-2-5-14(12(15)6-9)18-21(19,20)11-3-4-13(16)10(7-11)8-17/h2-7,18H,8,17H2,1H3. The van der Waals surface area contributed by atoms with Crippen molar-refractivity contribution in [3.63, 3.8) is 0 Å².